The second-order valence-electron chi connectivity index (χ2n) is 4.20. The van der Waals surface area contributed by atoms with E-state index in [1.165, 1.54) is 0 Å². The Bertz CT molecular complexity index is 209. The minimum absolute atomic E-state index is 0.0845. The van der Waals surface area contributed by atoms with Gasteiger partial charge < -0.3 is 14.8 Å². The first-order chi connectivity index (χ1) is 6.15. The molecule has 2 aliphatic rings. The highest BCUT2D eigenvalue weighted by molar-refractivity contribution is 5.16. The van der Waals surface area contributed by atoms with Gasteiger partial charge in [-0.1, -0.05) is 6.92 Å². The number of morpholine rings is 1. The van der Waals surface area contributed by atoms with Crippen molar-refractivity contribution in [2.45, 2.75) is 57.1 Å². The zero-order chi connectivity index (χ0) is 9.64. The molecule has 3 nitrogen and oxygen atoms in total. The van der Waals surface area contributed by atoms with Crippen LogP contribution in [0.15, 0.2) is 0 Å². The highest BCUT2D eigenvalue weighted by atomic mass is 16.6. The van der Waals surface area contributed by atoms with Gasteiger partial charge in [0.05, 0.1) is 12.1 Å². The molecule has 0 amide bonds. The second-order valence-corrected chi connectivity index (χ2v) is 4.20. The van der Waals surface area contributed by atoms with E-state index in [1.54, 1.807) is 7.11 Å². The van der Waals surface area contributed by atoms with E-state index < -0.39 is 0 Å². The van der Waals surface area contributed by atoms with E-state index >= 15 is 0 Å². The first kappa shape index (κ1) is 9.44. The van der Waals surface area contributed by atoms with Crippen LogP contribution in [0.2, 0.25) is 0 Å². The molecule has 0 radical (unpaired) electrons. The summed E-state index contributed by atoms with van der Waals surface area (Å²) in [4.78, 5) is 0. The van der Waals surface area contributed by atoms with Crippen LogP contribution >= 0.6 is 0 Å². The van der Waals surface area contributed by atoms with Crippen molar-refractivity contribution in [2.24, 2.45) is 0 Å². The Morgan fingerprint density at radius 1 is 1.46 bits per heavy atom. The zero-order valence-electron chi connectivity index (χ0n) is 8.83. The third kappa shape index (κ3) is 1.01. The molecule has 2 fully saturated rings. The highest BCUT2D eigenvalue weighted by Crippen LogP contribution is 2.43. The lowest BCUT2D eigenvalue weighted by molar-refractivity contribution is -0.107. The minimum atomic E-state index is -0.0845. The first-order valence-corrected chi connectivity index (χ1v) is 5.12. The third-order valence-electron chi connectivity index (χ3n) is 3.70. The summed E-state index contributed by atoms with van der Waals surface area (Å²) in [7, 11) is 1.78. The van der Waals surface area contributed by atoms with Gasteiger partial charge in [0, 0.05) is 13.2 Å². The van der Waals surface area contributed by atoms with E-state index in [0.29, 0.717) is 12.1 Å². The molecule has 2 saturated heterocycles. The fourth-order valence-electron chi connectivity index (χ4n) is 2.97. The molecule has 0 aromatic heterocycles. The number of hydrogen-bond donors (Lipinski definition) is 1. The molecule has 0 aromatic rings. The van der Waals surface area contributed by atoms with E-state index in [2.05, 4.69) is 26.1 Å². The Balaban J connectivity index is 2.29. The SMILES string of the molecule is CC[C@]12O[C@@H](C)[C@H](N[C@@H]1C)[C@@H]2OC. The summed E-state index contributed by atoms with van der Waals surface area (Å²) >= 11 is 0. The molecule has 2 rings (SSSR count). The molecule has 1 N–H and O–H groups in total. The molecule has 2 aliphatic heterocycles. The summed E-state index contributed by atoms with van der Waals surface area (Å²) < 4.78 is 11.6. The lowest BCUT2D eigenvalue weighted by Gasteiger charge is -2.35. The molecule has 0 unspecified atom stereocenters. The van der Waals surface area contributed by atoms with Gasteiger partial charge in [-0.2, -0.15) is 0 Å². The van der Waals surface area contributed by atoms with E-state index in [1.807, 2.05) is 0 Å². The maximum atomic E-state index is 6.03. The van der Waals surface area contributed by atoms with Crippen molar-refractivity contribution in [1.29, 1.82) is 0 Å². The Kier molecular flexibility index (Phi) is 2.13. The van der Waals surface area contributed by atoms with Gasteiger partial charge in [0.1, 0.15) is 11.7 Å². The predicted molar refractivity (Wildman–Crippen MR) is 50.8 cm³/mol. The molecule has 3 heteroatoms. The average molecular weight is 185 g/mol. The molecule has 0 saturated carbocycles. The normalized spacial score (nSPS) is 54.5. The predicted octanol–water partition coefficient (Wildman–Crippen LogP) is 0.929. The van der Waals surface area contributed by atoms with E-state index in [-0.39, 0.29) is 17.8 Å². The summed E-state index contributed by atoms with van der Waals surface area (Å²) in [5, 5.41) is 3.55. The van der Waals surface area contributed by atoms with Gasteiger partial charge in [-0.3, -0.25) is 0 Å². The summed E-state index contributed by atoms with van der Waals surface area (Å²) in [6, 6.07) is 0.781. The van der Waals surface area contributed by atoms with Crippen LogP contribution in [0.25, 0.3) is 0 Å². The quantitative estimate of drug-likeness (QED) is 0.694. The Morgan fingerprint density at radius 2 is 2.15 bits per heavy atom. The smallest absolute Gasteiger partial charge is 0.111 e. The molecule has 2 heterocycles. The minimum Gasteiger partial charge on any atom is -0.377 e. The Labute approximate surface area is 79.8 Å². The number of rotatable bonds is 2. The van der Waals surface area contributed by atoms with Gasteiger partial charge in [0.25, 0.3) is 0 Å². The van der Waals surface area contributed by atoms with Crippen molar-refractivity contribution in [1.82, 2.24) is 5.32 Å². The number of methoxy groups -OCH3 is 1. The third-order valence-corrected chi connectivity index (χ3v) is 3.70. The summed E-state index contributed by atoms with van der Waals surface area (Å²) in [5.74, 6) is 0. The number of ether oxygens (including phenoxy) is 2. The number of fused-ring (bicyclic) bond motifs is 2. The van der Waals surface area contributed by atoms with Gasteiger partial charge in [-0.15, -0.1) is 0 Å². The molecular formula is C10H19NO2. The van der Waals surface area contributed by atoms with Crippen LogP contribution in [0.5, 0.6) is 0 Å². The largest absolute Gasteiger partial charge is 0.377 e. The molecular weight excluding hydrogens is 166 g/mol. The Morgan fingerprint density at radius 3 is 2.62 bits per heavy atom. The fourth-order valence-corrected chi connectivity index (χ4v) is 2.97. The lowest BCUT2D eigenvalue weighted by Crippen LogP contribution is -2.50. The molecule has 13 heavy (non-hydrogen) atoms. The zero-order valence-corrected chi connectivity index (χ0v) is 8.83. The van der Waals surface area contributed by atoms with Crippen molar-refractivity contribution in [3.63, 3.8) is 0 Å². The van der Waals surface area contributed by atoms with Crippen molar-refractivity contribution in [2.75, 3.05) is 7.11 Å². The lowest BCUT2D eigenvalue weighted by atomic mass is 9.90. The van der Waals surface area contributed by atoms with Crippen LogP contribution in [0.4, 0.5) is 0 Å². The maximum Gasteiger partial charge on any atom is 0.111 e. The van der Waals surface area contributed by atoms with Crippen LogP contribution in [-0.2, 0) is 9.47 Å². The van der Waals surface area contributed by atoms with Crippen molar-refractivity contribution < 1.29 is 9.47 Å². The van der Waals surface area contributed by atoms with Crippen LogP contribution < -0.4 is 5.32 Å². The molecule has 0 aliphatic carbocycles. The molecule has 2 bridgehead atoms. The molecule has 76 valence electrons. The van der Waals surface area contributed by atoms with Gasteiger partial charge in [0.15, 0.2) is 0 Å². The van der Waals surface area contributed by atoms with Gasteiger partial charge >= 0.3 is 0 Å². The highest BCUT2D eigenvalue weighted by Gasteiger charge is 2.61. The van der Waals surface area contributed by atoms with E-state index in [9.17, 15) is 0 Å². The second kappa shape index (κ2) is 2.94. The van der Waals surface area contributed by atoms with Gasteiger partial charge in [-0.25, -0.2) is 0 Å². The average Bonchev–Trinajstić information content (AvgIpc) is 2.54. The standard InChI is InChI=1S/C10H19NO2/c1-5-10-7(3)11-8(6(2)13-10)9(10)12-4/h6-9,11H,5H2,1-4H3/t6-,7+,8-,9-,10-/m0/s1. The van der Waals surface area contributed by atoms with Crippen LogP contribution in [-0.4, -0.2) is 37.0 Å². The van der Waals surface area contributed by atoms with Crippen LogP contribution in [0.3, 0.4) is 0 Å². The topological polar surface area (TPSA) is 30.5 Å². The van der Waals surface area contributed by atoms with Crippen LogP contribution in [0, 0.1) is 0 Å². The Hall–Kier alpha value is -0.120. The monoisotopic (exact) mass is 185 g/mol. The van der Waals surface area contributed by atoms with Gasteiger partial charge in [0.2, 0.25) is 0 Å². The summed E-state index contributed by atoms with van der Waals surface area (Å²) in [6.07, 6.45) is 1.52. The van der Waals surface area contributed by atoms with Crippen molar-refractivity contribution in [3.8, 4) is 0 Å². The van der Waals surface area contributed by atoms with Gasteiger partial charge in [-0.05, 0) is 20.3 Å². The summed E-state index contributed by atoms with van der Waals surface area (Å²) in [6.45, 7) is 6.47. The van der Waals surface area contributed by atoms with Crippen molar-refractivity contribution in [3.05, 3.63) is 0 Å². The molecule has 0 spiro atoms. The van der Waals surface area contributed by atoms with E-state index in [4.69, 9.17) is 9.47 Å². The van der Waals surface area contributed by atoms with Crippen LogP contribution in [0.1, 0.15) is 27.2 Å². The molecule has 5 atom stereocenters. The van der Waals surface area contributed by atoms with E-state index in [0.717, 1.165) is 6.42 Å². The fraction of sp³-hybridized carbons (Fsp3) is 1.00. The number of hydrogen-bond acceptors (Lipinski definition) is 3. The first-order valence-electron chi connectivity index (χ1n) is 5.12. The maximum absolute atomic E-state index is 6.03. The summed E-state index contributed by atoms with van der Waals surface area (Å²) in [5.41, 5.74) is -0.0845. The number of nitrogens with one attached hydrogen (secondary N) is 1. The molecule has 0 aromatic carbocycles. The van der Waals surface area contributed by atoms with Crippen molar-refractivity contribution >= 4 is 0 Å².